The van der Waals surface area contributed by atoms with Gasteiger partial charge in [-0.25, -0.2) is 4.79 Å². The fraction of sp³-hybridized carbons (Fsp3) is 0.818. The Kier molecular flexibility index (Phi) is 5.37. The van der Waals surface area contributed by atoms with E-state index >= 15 is 0 Å². The SMILES string of the molecule is CC(C)[n+]1[nH]oc(=O)c1CNCCCN(C)C. The number of aromatic nitrogens is 2. The second-order valence-electron chi connectivity index (χ2n) is 4.72. The van der Waals surface area contributed by atoms with Crippen molar-refractivity contribution in [2.24, 2.45) is 0 Å². The highest BCUT2D eigenvalue weighted by Gasteiger charge is 2.22. The molecule has 0 aliphatic rings. The van der Waals surface area contributed by atoms with Crippen LogP contribution < -0.4 is 15.6 Å². The van der Waals surface area contributed by atoms with Crippen LogP contribution in [0.4, 0.5) is 0 Å². The van der Waals surface area contributed by atoms with Crippen molar-refractivity contribution >= 4 is 0 Å². The van der Waals surface area contributed by atoms with E-state index in [0.717, 1.165) is 19.5 Å². The Morgan fingerprint density at radius 1 is 1.47 bits per heavy atom. The molecule has 0 aromatic carbocycles. The molecule has 0 spiro atoms. The van der Waals surface area contributed by atoms with Gasteiger partial charge in [0.25, 0.3) is 0 Å². The van der Waals surface area contributed by atoms with Gasteiger partial charge in [0.05, 0.1) is 6.54 Å². The highest BCUT2D eigenvalue weighted by Crippen LogP contribution is 1.92. The minimum atomic E-state index is -0.293. The van der Waals surface area contributed by atoms with Gasteiger partial charge < -0.3 is 10.2 Å². The number of rotatable bonds is 7. The zero-order valence-corrected chi connectivity index (χ0v) is 11.1. The molecule has 1 aromatic heterocycles. The minimum absolute atomic E-state index is 0.194. The normalized spacial score (nSPS) is 11.6. The first-order valence-corrected chi connectivity index (χ1v) is 5.99. The maximum Gasteiger partial charge on any atom is 0.431 e. The molecular weight excluding hydrogens is 220 g/mol. The van der Waals surface area contributed by atoms with Crippen LogP contribution in [0.15, 0.2) is 9.32 Å². The summed E-state index contributed by atoms with van der Waals surface area (Å²) >= 11 is 0. The topological polar surface area (TPSA) is 65.2 Å². The van der Waals surface area contributed by atoms with Gasteiger partial charge in [-0.3, -0.25) is 4.52 Å². The molecule has 1 heterocycles. The van der Waals surface area contributed by atoms with Crippen molar-refractivity contribution in [1.82, 2.24) is 15.5 Å². The van der Waals surface area contributed by atoms with Gasteiger partial charge in [-0.2, -0.15) is 0 Å². The van der Waals surface area contributed by atoms with E-state index in [9.17, 15) is 4.79 Å². The van der Waals surface area contributed by atoms with Gasteiger partial charge in [-0.15, -0.1) is 0 Å². The number of aromatic amines is 1. The first-order chi connectivity index (χ1) is 8.02. The highest BCUT2D eigenvalue weighted by molar-refractivity contribution is 4.82. The summed E-state index contributed by atoms with van der Waals surface area (Å²) in [5.41, 5.74) is 0.351. The summed E-state index contributed by atoms with van der Waals surface area (Å²) in [5.74, 6) is 0. The summed E-state index contributed by atoms with van der Waals surface area (Å²) in [6.45, 7) is 6.47. The van der Waals surface area contributed by atoms with Crippen LogP contribution in [-0.4, -0.2) is 37.4 Å². The van der Waals surface area contributed by atoms with Crippen LogP contribution in [0.1, 0.15) is 32.0 Å². The zero-order valence-electron chi connectivity index (χ0n) is 11.1. The lowest BCUT2D eigenvalue weighted by molar-refractivity contribution is -0.785. The predicted molar refractivity (Wildman–Crippen MR) is 64.8 cm³/mol. The van der Waals surface area contributed by atoms with E-state index in [1.807, 2.05) is 27.9 Å². The molecule has 6 nitrogen and oxygen atoms in total. The second-order valence-corrected chi connectivity index (χ2v) is 4.72. The summed E-state index contributed by atoms with van der Waals surface area (Å²) in [4.78, 5) is 13.6. The van der Waals surface area contributed by atoms with E-state index in [1.54, 1.807) is 4.68 Å². The van der Waals surface area contributed by atoms with Gasteiger partial charge in [0.15, 0.2) is 6.04 Å². The Bertz CT molecular complexity index is 381. The third-order valence-electron chi connectivity index (χ3n) is 2.53. The lowest BCUT2D eigenvalue weighted by atomic mass is 10.3. The average molecular weight is 243 g/mol. The van der Waals surface area contributed by atoms with E-state index in [4.69, 9.17) is 4.52 Å². The molecule has 0 saturated carbocycles. The molecular formula is C11H23N4O2+. The summed E-state index contributed by atoms with van der Waals surface area (Å²) < 4.78 is 6.54. The van der Waals surface area contributed by atoms with Crippen LogP contribution >= 0.6 is 0 Å². The maximum absolute atomic E-state index is 11.4. The molecule has 0 unspecified atom stereocenters. The van der Waals surface area contributed by atoms with Crippen LogP contribution in [-0.2, 0) is 6.54 Å². The molecule has 0 bridgehead atoms. The Hall–Kier alpha value is -1.14. The van der Waals surface area contributed by atoms with Gasteiger partial charge in [0.2, 0.25) is 0 Å². The summed E-state index contributed by atoms with van der Waals surface area (Å²) in [5, 5.41) is 5.87. The standard InChI is InChI=1S/C11H22N4O2/c1-9(2)15-10(11(16)17-13-15)8-12-6-5-7-14(3)4/h9,12H,5-8H2,1-4H3/p+1. The zero-order chi connectivity index (χ0) is 12.8. The minimum Gasteiger partial charge on any atom is -0.309 e. The second kappa shape index (κ2) is 6.56. The molecule has 1 aromatic rings. The third-order valence-corrected chi connectivity index (χ3v) is 2.53. The number of H-pyrrole nitrogens is 1. The molecule has 98 valence electrons. The smallest absolute Gasteiger partial charge is 0.309 e. The molecule has 17 heavy (non-hydrogen) atoms. The molecule has 0 aliphatic carbocycles. The third kappa shape index (κ3) is 4.32. The van der Waals surface area contributed by atoms with Crippen molar-refractivity contribution < 1.29 is 9.20 Å². The molecule has 0 fully saturated rings. The number of nitrogens with one attached hydrogen (secondary N) is 2. The van der Waals surface area contributed by atoms with E-state index in [1.165, 1.54) is 0 Å². The van der Waals surface area contributed by atoms with Crippen molar-refractivity contribution in [3.8, 4) is 0 Å². The highest BCUT2D eigenvalue weighted by atomic mass is 16.5. The van der Waals surface area contributed by atoms with Crippen LogP contribution in [0.5, 0.6) is 0 Å². The molecule has 0 saturated heterocycles. The predicted octanol–water partition coefficient (Wildman–Crippen LogP) is -0.122. The van der Waals surface area contributed by atoms with Gasteiger partial charge in [-0.1, -0.05) is 4.68 Å². The molecule has 1 rings (SSSR count). The van der Waals surface area contributed by atoms with E-state index in [2.05, 4.69) is 15.5 Å². The quantitative estimate of drug-likeness (QED) is 0.517. The lowest BCUT2D eigenvalue weighted by Gasteiger charge is -2.08. The number of hydrogen-bond donors (Lipinski definition) is 2. The maximum atomic E-state index is 11.4. The number of hydrogen-bond acceptors (Lipinski definition) is 4. The van der Waals surface area contributed by atoms with E-state index < -0.39 is 0 Å². The fourth-order valence-electron chi connectivity index (χ4n) is 1.60. The van der Waals surface area contributed by atoms with Crippen molar-refractivity contribution in [2.45, 2.75) is 32.9 Å². The first-order valence-electron chi connectivity index (χ1n) is 5.99. The largest absolute Gasteiger partial charge is 0.431 e. The van der Waals surface area contributed by atoms with Crippen LogP contribution in [0.3, 0.4) is 0 Å². The van der Waals surface area contributed by atoms with Crippen LogP contribution in [0, 0.1) is 0 Å². The monoisotopic (exact) mass is 243 g/mol. The van der Waals surface area contributed by atoms with Crippen molar-refractivity contribution in [2.75, 3.05) is 27.2 Å². The summed E-state index contributed by atoms with van der Waals surface area (Å²) in [6.07, 6.45) is 1.06. The van der Waals surface area contributed by atoms with Gasteiger partial charge in [0.1, 0.15) is 0 Å². The van der Waals surface area contributed by atoms with E-state index in [-0.39, 0.29) is 11.7 Å². The molecule has 0 radical (unpaired) electrons. The van der Waals surface area contributed by atoms with Crippen molar-refractivity contribution in [3.05, 3.63) is 16.1 Å². The Morgan fingerprint density at radius 2 is 2.18 bits per heavy atom. The van der Waals surface area contributed by atoms with Crippen molar-refractivity contribution in [3.63, 3.8) is 0 Å². The van der Waals surface area contributed by atoms with Gasteiger partial charge >= 0.3 is 11.3 Å². The average Bonchev–Trinajstić information content (AvgIpc) is 2.59. The molecule has 6 heteroatoms. The van der Waals surface area contributed by atoms with E-state index in [0.29, 0.717) is 12.2 Å². The van der Waals surface area contributed by atoms with Gasteiger partial charge in [-0.05, 0) is 52.7 Å². The summed E-state index contributed by atoms with van der Waals surface area (Å²) in [6, 6.07) is 0.194. The van der Waals surface area contributed by atoms with Crippen LogP contribution in [0.2, 0.25) is 0 Å². The lowest BCUT2D eigenvalue weighted by Crippen LogP contribution is -2.45. The Balaban J connectivity index is 2.41. The Labute approximate surface area is 102 Å². The number of nitrogens with zero attached hydrogens (tertiary/aromatic N) is 2. The summed E-state index contributed by atoms with van der Waals surface area (Å²) in [7, 11) is 4.10. The van der Waals surface area contributed by atoms with Crippen molar-refractivity contribution in [1.29, 1.82) is 0 Å². The molecule has 0 aliphatic heterocycles. The van der Waals surface area contributed by atoms with Crippen LogP contribution in [0.25, 0.3) is 0 Å². The molecule has 2 N–H and O–H groups in total. The molecule has 0 atom stereocenters. The van der Waals surface area contributed by atoms with Gasteiger partial charge in [0, 0.05) is 0 Å². The fourth-order valence-corrected chi connectivity index (χ4v) is 1.60. The first kappa shape index (κ1) is 13.9. The Morgan fingerprint density at radius 3 is 2.76 bits per heavy atom. The molecule has 0 amide bonds.